The second-order valence-electron chi connectivity index (χ2n) is 3.76. The van der Waals surface area contributed by atoms with Gasteiger partial charge in [-0.25, -0.2) is 9.97 Å². The van der Waals surface area contributed by atoms with Gasteiger partial charge in [-0.2, -0.15) is 0 Å². The van der Waals surface area contributed by atoms with Gasteiger partial charge in [-0.05, 0) is 25.3 Å². The van der Waals surface area contributed by atoms with E-state index in [1.165, 1.54) is 12.8 Å². The maximum absolute atomic E-state index is 5.64. The highest BCUT2D eigenvalue weighted by atomic mass is 15.1. The van der Waals surface area contributed by atoms with E-state index in [4.69, 9.17) is 5.73 Å². The van der Waals surface area contributed by atoms with E-state index in [1.807, 2.05) is 12.4 Å². The molecule has 0 aliphatic carbocycles. The molecule has 1 fully saturated rings. The van der Waals surface area contributed by atoms with E-state index in [0.29, 0.717) is 5.92 Å². The number of nitrogens with two attached hydrogens (primary N) is 1. The van der Waals surface area contributed by atoms with E-state index in [1.54, 1.807) is 6.33 Å². The largest absolute Gasteiger partial charge is 0.369 e. The lowest BCUT2D eigenvalue weighted by molar-refractivity contribution is 0.414. The Morgan fingerprint density at radius 3 is 2.50 bits per heavy atom. The van der Waals surface area contributed by atoms with E-state index < -0.39 is 0 Å². The second kappa shape index (κ2) is 4.37. The van der Waals surface area contributed by atoms with Crippen molar-refractivity contribution in [2.75, 3.05) is 24.5 Å². The Morgan fingerprint density at radius 1 is 1.29 bits per heavy atom. The summed E-state index contributed by atoms with van der Waals surface area (Å²) in [5, 5.41) is 0. The summed E-state index contributed by atoms with van der Waals surface area (Å²) in [5.41, 5.74) is 6.77. The minimum absolute atomic E-state index is 0.705. The highest BCUT2D eigenvalue weighted by Gasteiger charge is 2.18. The first-order valence-electron chi connectivity index (χ1n) is 5.10. The Hall–Kier alpha value is -1.16. The molecule has 0 unspecified atom stereocenters. The Balaban J connectivity index is 1.96. The number of hydrogen-bond acceptors (Lipinski definition) is 4. The van der Waals surface area contributed by atoms with Gasteiger partial charge in [0.15, 0.2) is 0 Å². The number of hydrogen-bond donors (Lipinski definition) is 1. The summed E-state index contributed by atoms with van der Waals surface area (Å²) in [6, 6.07) is 0. The second-order valence-corrected chi connectivity index (χ2v) is 3.76. The van der Waals surface area contributed by atoms with Crippen LogP contribution in [0, 0.1) is 5.92 Å². The highest BCUT2D eigenvalue weighted by Crippen LogP contribution is 2.20. The molecule has 1 aromatic heterocycles. The molecule has 0 atom stereocenters. The molecular weight excluding hydrogens is 176 g/mol. The number of rotatable bonds is 2. The lowest BCUT2D eigenvalue weighted by Crippen LogP contribution is -2.36. The zero-order chi connectivity index (χ0) is 9.80. The Morgan fingerprint density at radius 2 is 1.93 bits per heavy atom. The third-order valence-corrected chi connectivity index (χ3v) is 2.86. The predicted molar refractivity (Wildman–Crippen MR) is 56.0 cm³/mol. The summed E-state index contributed by atoms with van der Waals surface area (Å²) >= 11 is 0. The van der Waals surface area contributed by atoms with Crippen molar-refractivity contribution < 1.29 is 0 Å². The van der Waals surface area contributed by atoms with E-state index >= 15 is 0 Å². The Bertz CT molecular complexity index is 267. The summed E-state index contributed by atoms with van der Waals surface area (Å²) in [6.45, 7) is 2.98. The van der Waals surface area contributed by atoms with Crippen LogP contribution in [0.25, 0.3) is 0 Å². The van der Waals surface area contributed by atoms with Crippen LogP contribution < -0.4 is 10.6 Å². The zero-order valence-corrected chi connectivity index (χ0v) is 8.26. The average Bonchev–Trinajstić information content (AvgIpc) is 2.30. The molecular formula is C10H16N4. The molecule has 0 amide bonds. The fraction of sp³-hybridized carbons (Fsp3) is 0.600. The molecule has 4 heteroatoms. The molecule has 0 spiro atoms. The van der Waals surface area contributed by atoms with Crippen molar-refractivity contribution in [2.24, 2.45) is 11.7 Å². The lowest BCUT2D eigenvalue weighted by atomic mass is 9.97. The van der Waals surface area contributed by atoms with E-state index in [0.717, 1.165) is 25.3 Å². The van der Waals surface area contributed by atoms with Crippen molar-refractivity contribution in [3.8, 4) is 0 Å². The van der Waals surface area contributed by atoms with Gasteiger partial charge in [0.25, 0.3) is 0 Å². The van der Waals surface area contributed by atoms with Crippen LogP contribution in [0.5, 0.6) is 0 Å². The van der Waals surface area contributed by atoms with Gasteiger partial charge in [0.1, 0.15) is 6.33 Å². The van der Waals surface area contributed by atoms with Crippen molar-refractivity contribution >= 4 is 5.69 Å². The third-order valence-electron chi connectivity index (χ3n) is 2.86. The predicted octanol–water partition coefficient (Wildman–Crippen LogP) is 0.652. The molecule has 0 bridgehead atoms. The molecule has 2 heterocycles. The van der Waals surface area contributed by atoms with Crippen LogP contribution in [0.1, 0.15) is 12.8 Å². The SMILES string of the molecule is NCC1CCN(c2cncnc2)CC1. The molecule has 0 aromatic carbocycles. The molecule has 1 aliphatic heterocycles. The van der Waals surface area contributed by atoms with Crippen LogP contribution >= 0.6 is 0 Å². The van der Waals surface area contributed by atoms with E-state index in [9.17, 15) is 0 Å². The first-order valence-corrected chi connectivity index (χ1v) is 5.10. The van der Waals surface area contributed by atoms with Crippen LogP contribution in [-0.4, -0.2) is 29.6 Å². The van der Waals surface area contributed by atoms with Crippen molar-refractivity contribution in [2.45, 2.75) is 12.8 Å². The number of anilines is 1. The number of nitrogens with zero attached hydrogens (tertiary/aromatic N) is 3. The van der Waals surface area contributed by atoms with Gasteiger partial charge in [0.05, 0.1) is 18.1 Å². The van der Waals surface area contributed by atoms with Gasteiger partial charge in [-0.3, -0.25) is 0 Å². The molecule has 1 saturated heterocycles. The van der Waals surface area contributed by atoms with Gasteiger partial charge in [-0.15, -0.1) is 0 Å². The van der Waals surface area contributed by atoms with Gasteiger partial charge < -0.3 is 10.6 Å². The van der Waals surface area contributed by atoms with Crippen molar-refractivity contribution in [3.63, 3.8) is 0 Å². The van der Waals surface area contributed by atoms with Crippen LogP contribution in [0.2, 0.25) is 0 Å². The smallest absolute Gasteiger partial charge is 0.115 e. The quantitative estimate of drug-likeness (QED) is 0.747. The van der Waals surface area contributed by atoms with Gasteiger partial charge in [0.2, 0.25) is 0 Å². The molecule has 1 aliphatic rings. The molecule has 4 nitrogen and oxygen atoms in total. The van der Waals surface area contributed by atoms with Crippen molar-refractivity contribution in [3.05, 3.63) is 18.7 Å². The standard InChI is InChI=1S/C10H16N4/c11-5-9-1-3-14(4-2-9)10-6-12-8-13-7-10/h6-9H,1-5,11H2. The van der Waals surface area contributed by atoms with Gasteiger partial charge in [0, 0.05) is 13.1 Å². The fourth-order valence-electron chi connectivity index (χ4n) is 1.88. The minimum Gasteiger partial charge on any atom is -0.369 e. The monoisotopic (exact) mass is 192 g/mol. The molecule has 76 valence electrons. The Labute approximate surface area is 84.2 Å². The first kappa shape index (κ1) is 9.40. The molecule has 0 saturated carbocycles. The van der Waals surface area contributed by atoms with Crippen LogP contribution in [0.3, 0.4) is 0 Å². The number of piperidine rings is 1. The fourth-order valence-corrected chi connectivity index (χ4v) is 1.88. The summed E-state index contributed by atoms with van der Waals surface area (Å²) in [4.78, 5) is 10.4. The molecule has 2 N–H and O–H groups in total. The maximum atomic E-state index is 5.64. The number of aromatic nitrogens is 2. The molecule has 14 heavy (non-hydrogen) atoms. The zero-order valence-electron chi connectivity index (χ0n) is 8.26. The topological polar surface area (TPSA) is 55.0 Å². The summed E-state index contributed by atoms with van der Waals surface area (Å²) in [7, 11) is 0. The minimum atomic E-state index is 0.705. The normalized spacial score (nSPS) is 18.5. The van der Waals surface area contributed by atoms with Crippen molar-refractivity contribution in [1.29, 1.82) is 0 Å². The Kier molecular flexibility index (Phi) is 2.93. The van der Waals surface area contributed by atoms with Gasteiger partial charge >= 0.3 is 0 Å². The van der Waals surface area contributed by atoms with E-state index in [-0.39, 0.29) is 0 Å². The molecule has 2 rings (SSSR count). The third kappa shape index (κ3) is 2.01. The average molecular weight is 192 g/mol. The van der Waals surface area contributed by atoms with Gasteiger partial charge in [-0.1, -0.05) is 0 Å². The summed E-state index contributed by atoms with van der Waals surface area (Å²) in [5.74, 6) is 0.705. The van der Waals surface area contributed by atoms with Crippen LogP contribution in [0.15, 0.2) is 18.7 Å². The maximum Gasteiger partial charge on any atom is 0.115 e. The van der Waals surface area contributed by atoms with Crippen molar-refractivity contribution in [1.82, 2.24) is 9.97 Å². The summed E-state index contributed by atoms with van der Waals surface area (Å²) in [6.07, 6.45) is 7.68. The van der Waals surface area contributed by atoms with Crippen LogP contribution in [-0.2, 0) is 0 Å². The lowest BCUT2D eigenvalue weighted by Gasteiger charge is -2.32. The first-order chi connectivity index (χ1) is 6.90. The van der Waals surface area contributed by atoms with Crippen LogP contribution in [0.4, 0.5) is 5.69 Å². The van der Waals surface area contributed by atoms with E-state index in [2.05, 4.69) is 14.9 Å². The highest BCUT2D eigenvalue weighted by molar-refractivity contribution is 5.41. The molecule has 0 radical (unpaired) electrons. The summed E-state index contributed by atoms with van der Waals surface area (Å²) < 4.78 is 0. The molecule has 1 aromatic rings.